The zero-order chi connectivity index (χ0) is 7.82. The van der Waals surface area contributed by atoms with Crippen molar-refractivity contribution in [2.75, 3.05) is 18.5 Å². The van der Waals surface area contributed by atoms with Gasteiger partial charge in [-0.15, -0.1) is 0 Å². The molecule has 0 aliphatic heterocycles. The Hall–Kier alpha value is 0.400. The van der Waals surface area contributed by atoms with E-state index in [1.807, 2.05) is 0 Å². The number of hydrogen-bond acceptors (Lipinski definition) is 2. The second-order valence-corrected chi connectivity index (χ2v) is 3.21. The molecule has 0 aliphatic rings. The topological polar surface area (TPSA) is 40.5 Å². The van der Waals surface area contributed by atoms with Crippen LogP contribution in [0, 0.1) is 5.92 Å². The van der Waals surface area contributed by atoms with Gasteiger partial charge in [0.25, 0.3) is 0 Å². The summed E-state index contributed by atoms with van der Waals surface area (Å²) in [5, 5.41) is 18.3. The highest BCUT2D eigenvalue weighted by atomic mass is 79.9. The smallest absolute Gasteiger partial charge is 0.0481 e. The summed E-state index contributed by atoms with van der Waals surface area (Å²) in [5.74, 6) is 0.0963. The molecule has 62 valence electrons. The molecule has 0 amide bonds. The van der Waals surface area contributed by atoms with Gasteiger partial charge in [-0.1, -0.05) is 22.4 Å². The van der Waals surface area contributed by atoms with Gasteiger partial charge in [0, 0.05) is 24.5 Å². The Bertz CT molecular complexity index is 64.6. The Kier molecular flexibility index (Phi) is 7.81. The van der Waals surface area contributed by atoms with Crippen molar-refractivity contribution < 1.29 is 10.2 Å². The summed E-state index contributed by atoms with van der Waals surface area (Å²) in [7, 11) is 0. The average Bonchev–Trinajstić information content (AvgIpc) is 1.99. The number of aliphatic hydroxyl groups is 2. The first-order chi connectivity index (χ1) is 4.85. The molecule has 0 unspecified atom stereocenters. The predicted octanol–water partition coefficient (Wildman–Crippen LogP) is 1.15. The minimum Gasteiger partial charge on any atom is -0.396 e. The fraction of sp³-hybridized carbons (Fsp3) is 1.00. The number of alkyl halides is 1. The molecule has 2 N–H and O–H groups in total. The second kappa shape index (κ2) is 7.51. The normalized spacial score (nSPS) is 10.8. The molecule has 0 saturated heterocycles. The van der Waals surface area contributed by atoms with Gasteiger partial charge in [-0.05, 0) is 12.8 Å². The molecule has 0 heterocycles. The molecule has 0 aromatic carbocycles. The second-order valence-electron chi connectivity index (χ2n) is 2.42. The van der Waals surface area contributed by atoms with E-state index in [2.05, 4.69) is 15.9 Å². The van der Waals surface area contributed by atoms with Crippen LogP contribution in [0.2, 0.25) is 0 Å². The molecule has 0 aromatic heterocycles. The van der Waals surface area contributed by atoms with Gasteiger partial charge in [0.15, 0.2) is 0 Å². The molecule has 10 heavy (non-hydrogen) atoms. The van der Waals surface area contributed by atoms with Crippen molar-refractivity contribution in [3.05, 3.63) is 0 Å². The summed E-state index contributed by atoms with van der Waals surface area (Å²) in [4.78, 5) is 0. The van der Waals surface area contributed by atoms with Crippen LogP contribution in [0.3, 0.4) is 0 Å². The van der Waals surface area contributed by atoms with Crippen LogP contribution < -0.4 is 0 Å². The number of rotatable bonds is 6. The summed E-state index contributed by atoms with van der Waals surface area (Å²) >= 11 is 3.32. The maximum atomic E-state index is 8.65. The van der Waals surface area contributed by atoms with E-state index in [0.717, 1.165) is 24.6 Å². The summed E-state index contributed by atoms with van der Waals surface area (Å²) < 4.78 is 0. The number of unbranched alkanes of at least 4 members (excludes halogenated alkanes) is 1. The minimum absolute atomic E-state index is 0.0963. The molecule has 0 fully saturated rings. The van der Waals surface area contributed by atoms with Crippen molar-refractivity contribution in [2.45, 2.75) is 19.3 Å². The summed E-state index contributed by atoms with van der Waals surface area (Å²) in [5.41, 5.74) is 0. The molecule has 0 saturated carbocycles. The standard InChI is InChI=1S/C7H15BrO2/c8-4-2-1-3-7(5-9)6-10/h7,9-10H,1-6H2. The summed E-state index contributed by atoms with van der Waals surface area (Å²) in [6.45, 7) is 0.220. The van der Waals surface area contributed by atoms with E-state index in [-0.39, 0.29) is 19.1 Å². The van der Waals surface area contributed by atoms with Crippen molar-refractivity contribution in [3.63, 3.8) is 0 Å². The maximum Gasteiger partial charge on any atom is 0.0481 e. The van der Waals surface area contributed by atoms with Gasteiger partial charge < -0.3 is 10.2 Å². The van der Waals surface area contributed by atoms with Gasteiger partial charge in [-0.25, -0.2) is 0 Å². The van der Waals surface area contributed by atoms with Gasteiger partial charge in [0.05, 0.1) is 0 Å². The van der Waals surface area contributed by atoms with Crippen molar-refractivity contribution in [3.8, 4) is 0 Å². The Morgan fingerprint density at radius 3 is 2.10 bits per heavy atom. The molecule has 0 aliphatic carbocycles. The monoisotopic (exact) mass is 210 g/mol. The maximum absolute atomic E-state index is 8.65. The van der Waals surface area contributed by atoms with Crippen molar-refractivity contribution in [2.24, 2.45) is 5.92 Å². The molecule has 0 bridgehead atoms. The third-order valence-corrected chi connectivity index (χ3v) is 2.07. The first-order valence-electron chi connectivity index (χ1n) is 3.62. The molecule has 3 heteroatoms. The third kappa shape index (κ3) is 5.21. The van der Waals surface area contributed by atoms with Gasteiger partial charge in [0.1, 0.15) is 0 Å². The van der Waals surface area contributed by atoms with Gasteiger partial charge in [-0.2, -0.15) is 0 Å². The lowest BCUT2D eigenvalue weighted by Crippen LogP contribution is -2.10. The predicted molar refractivity (Wildman–Crippen MR) is 45.3 cm³/mol. The molecular formula is C7H15BrO2. The van der Waals surface area contributed by atoms with Crippen molar-refractivity contribution >= 4 is 15.9 Å². The van der Waals surface area contributed by atoms with E-state index >= 15 is 0 Å². The zero-order valence-electron chi connectivity index (χ0n) is 6.09. The van der Waals surface area contributed by atoms with E-state index in [4.69, 9.17) is 10.2 Å². The number of hydrogen-bond donors (Lipinski definition) is 2. The Labute approximate surface area is 70.4 Å². The molecule has 2 nitrogen and oxygen atoms in total. The van der Waals surface area contributed by atoms with E-state index < -0.39 is 0 Å². The first kappa shape index (κ1) is 10.4. The quantitative estimate of drug-likeness (QED) is 0.511. The molecule has 0 rings (SSSR count). The van der Waals surface area contributed by atoms with Gasteiger partial charge in [0.2, 0.25) is 0 Å². The van der Waals surface area contributed by atoms with E-state index in [1.165, 1.54) is 0 Å². The van der Waals surface area contributed by atoms with E-state index in [0.29, 0.717) is 0 Å². The Balaban J connectivity index is 3.09. The lowest BCUT2D eigenvalue weighted by Gasteiger charge is -2.08. The Morgan fingerprint density at radius 2 is 1.70 bits per heavy atom. The lowest BCUT2D eigenvalue weighted by molar-refractivity contribution is 0.142. The van der Waals surface area contributed by atoms with Gasteiger partial charge in [-0.3, -0.25) is 0 Å². The molecule has 0 aromatic rings. The van der Waals surface area contributed by atoms with Crippen LogP contribution in [0.15, 0.2) is 0 Å². The minimum atomic E-state index is 0.0963. The van der Waals surface area contributed by atoms with Gasteiger partial charge >= 0.3 is 0 Å². The third-order valence-electron chi connectivity index (χ3n) is 1.51. The lowest BCUT2D eigenvalue weighted by atomic mass is 10.0. The zero-order valence-corrected chi connectivity index (χ0v) is 7.68. The van der Waals surface area contributed by atoms with Crippen molar-refractivity contribution in [1.82, 2.24) is 0 Å². The highest BCUT2D eigenvalue weighted by Gasteiger charge is 2.03. The highest BCUT2D eigenvalue weighted by Crippen LogP contribution is 2.07. The SMILES string of the molecule is OCC(CO)CCCCBr. The molecular weight excluding hydrogens is 196 g/mol. The number of halogens is 1. The largest absolute Gasteiger partial charge is 0.396 e. The number of aliphatic hydroxyl groups excluding tert-OH is 2. The summed E-state index contributed by atoms with van der Waals surface area (Å²) in [6, 6.07) is 0. The van der Waals surface area contributed by atoms with Crippen LogP contribution in [-0.4, -0.2) is 28.8 Å². The Morgan fingerprint density at radius 1 is 1.10 bits per heavy atom. The van der Waals surface area contributed by atoms with Crippen LogP contribution >= 0.6 is 15.9 Å². The van der Waals surface area contributed by atoms with E-state index in [1.54, 1.807) is 0 Å². The fourth-order valence-electron chi connectivity index (χ4n) is 0.768. The van der Waals surface area contributed by atoms with E-state index in [9.17, 15) is 0 Å². The van der Waals surface area contributed by atoms with Crippen LogP contribution in [0.25, 0.3) is 0 Å². The molecule has 0 radical (unpaired) electrons. The highest BCUT2D eigenvalue weighted by molar-refractivity contribution is 9.09. The molecule has 0 atom stereocenters. The summed E-state index contributed by atoms with van der Waals surface area (Å²) in [6.07, 6.45) is 3.13. The molecule has 0 spiro atoms. The van der Waals surface area contributed by atoms with Crippen LogP contribution in [0.4, 0.5) is 0 Å². The van der Waals surface area contributed by atoms with Crippen LogP contribution in [-0.2, 0) is 0 Å². The van der Waals surface area contributed by atoms with Crippen molar-refractivity contribution in [1.29, 1.82) is 0 Å². The first-order valence-corrected chi connectivity index (χ1v) is 4.75. The van der Waals surface area contributed by atoms with Crippen LogP contribution in [0.1, 0.15) is 19.3 Å². The fourth-order valence-corrected chi connectivity index (χ4v) is 1.16. The average molecular weight is 211 g/mol. The van der Waals surface area contributed by atoms with Crippen LogP contribution in [0.5, 0.6) is 0 Å².